The standard InChI is InChI=1S/C41H50N7O7P/c1-28(2)48(29(3)4)56(53-23-11-22-42)55-35-24-37(47-27-45-38-39(46-51-7)43-26-44-40(38)47)54-36(35)25-52-41(30-12-9-8-10-13-30,31-14-18-33(49-5)19-15-31)32-16-20-34(50-6)21-17-32/h8-10,12-21,26-29,35-37H,11,23-25H2,1-7H3,(H,43,44,46)/t35-,36+,37+,56?/m0/s1. The molecule has 3 heterocycles. The van der Waals surface area contributed by atoms with Gasteiger partial charge in [-0.15, -0.1) is 0 Å². The zero-order valence-electron chi connectivity index (χ0n) is 32.9. The van der Waals surface area contributed by atoms with Gasteiger partial charge in [0.2, 0.25) is 0 Å². The summed E-state index contributed by atoms with van der Waals surface area (Å²) < 4.78 is 42.9. The summed E-state index contributed by atoms with van der Waals surface area (Å²) in [5.41, 5.74) is 5.51. The van der Waals surface area contributed by atoms with Crippen LogP contribution in [0.1, 0.15) is 63.5 Å². The minimum absolute atomic E-state index is 0.105. The molecule has 0 bridgehead atoms. The SMILES string of the molecule is CONc1ncnc2c1ncn2[C@H]1C[C@H](OP(OCCC#N)N(C(C)C)C(C)C)[C@@H](COC(c2ccccc2)(c2ccc(OC)cc2)c2ccc(OC)cc2)O1. The maximum Gasteiger partial charge on any atom is 0.259 e. The fraction of sp³-hybridized carbons (Fsp3) is 0.415. The first-order chi connectivity index (χ1) is 27.2. The van der Waals surface area contributed by atoms with E-state index in [0.29, 0.717) is 23.4 Å². The van der Waals surface area contributed by atoms with E-state index in [2.05, 4.69) is 71.0 Å². The maximum absolute atomic E-state index is 9.37. The van der Waals surface area contributed by atoms with Crippen LogP contribution in [0, 0.1) is 11.3 Å². The molecule has 296 valence electrons. The largest absolute Gasteiger partial charge is 0.497 e. The summed E-state index contributed by atoms with van der Waals surface area (Å²) in [5.74, 6) is 1.89. The van der Waals surface area contributed by atoms with E-state index in [1.54, 1.807) is 20.5 Å². The Hall–Kier alpha value is -4.71. The monoisotopic (exact) mass is 783 g/mol. The van der Waals surface area contributed by atoms with Crippen LogP contribution in [0.25, 0.3) is 11.2 Å². The fourth-order valence-corrected chi connectivity index (χ4v) is 8.82. The third-order valence-electron chi connectivity index (χ3n) is 9.57. The number of ether oxygens (including phenoxy) is 4. The highest BCUT2D eigenvalue weighted by Crippen LogP contribution is 2.51. The van der Waals surface area contributed by atoms with E-state index in [1.807, 2.05) is 71.3 Å². The molecular weight excluding hydrogens is 733 g/mol. The summed E-state index contributed by atoms with van der Waals surface area (Å²) in [4.78, 5) is 18.6. The highest BCUT2D eigenvalue weighted by Gasteiger charge is 2.45. The summed E-state index contributed by atoms with van der Waals surface area (Å²) in [6.07, 6.45) is 2.21. The van der Waals surface area contributed by atoms with Crippen LogP contribution in [-0.2, 0) is 29.0 Å². The van der Waals surface area contributed by atoms with Gasteiger partial charge >= 0.3 is 0 Å². The topological polar surface area (TPSA) is 147 Å². The Morgan fingerprint density at radius 2 is 1.52 bits per heavy atom. The van der Waals surface area contributed by atoms with Gasteiger partial charge in [0.1, 0.15) is 35.8 Å². The minimum atomic E-state index is -1.61. The highest BCUT2D eigenvalue weighted by molar-refractivity contribution is 7.44. The Morgan fingerprint density at radius 1 is 0.893 bits per heavy atom. The van der Waals surface area contributed by atoms with Gasteiger partial charge in [-0.25, -0.2) is 25.1 Å². The van der Waals surface area contributed by atoms with Crippen LogP contribution in [0.3, 0.4) is 0 Å². The Bertz CT molecular complexity index is 1970. The number of imidazole rings is 1. The molecule has 0 saturated carbocycles. The lowest BCUT2D eigenvalue weighted by Crippen LogP contribution is -2.39. The van der Waals surface area contributed by atoms with E-state index in [1.165, 1.54) is 13.4 Å². The number of rotatable bonds is 19. The average Bonchev–Trinajstić information content (AvgIpc) is 3.83. The zero-order valence-corrected chi connectivity index (χ0v) is 33.8. The van der Waals surface area contributed by atoms with Crippen molar-refractivity contribution in [3.8, 4) is 17.6 Å². The number of fused-ring (bicyclic) bond motifs is 1. The molecule has 1 N–H and O–H groups in total. The molecule has 2 aromatic heterocycles. The first kappa shape index (κ1) is 40.9. The van der Waals surface area contributed by atoms with E-state index in [0.717, 1.165) is 28.2 Å². The number of nitrogens with one attached hydrogen (secondary N) is 1. The van der Waals surface area contributed by atoms with Gasteiger partial charge in [-0.2, -0.15) is 5.26 Å². The van der Waals surface area contributed by atoms with Crippen LogP contribution >= 0.6 is 8.53 Å². The predicted octanol–water partition coefficient (Wildman–Crippen LogP) is 7.77. The van der Waals surface area contributed by atoms with Gasteiger partial charge < -0.3 is 28.0 Å². The van der Waals surface area contributed by atoms with Gasteiger partial charge in [-0.1, -0.05) is 54.6 Å². The molecule has 15 heteroatoms. The number of aromatic nitrogens is 4. The molecule has 0 aliphatic carbocycles. The molecule has 3 aromatic carbocycles. The Labute approximate surface area is 329 Å². The summed E-state index contributed by atoms with van der Waals surface area (Å²) in [7, 11) is 3.20. The quantitative estimate of drug-likeness (QED) is 0.0377. The normalized spacial score (nSPS) is 17.8. The van der Waals surface area contributed by atoms with Crippen molar-refractivity contribution in [3.63, 3.8) is 0 Å². The lowest BCUT2D eigenvalue weighted by atomic mass is 9.80. The number of benzene rings is 3. The van der Waals surface area contributed by atoms with Gasteiger partial charge in [0, 0.05) is 18.5 Å². The Balaban J connectivity index is 1.43. The first-order valence-electron chi connectivity index (χ1n) is 18.6. The second kappa shape index (κ2) is 19.0. The Morgan fingerprint density at radius 3 is 2.09 bits per heavy atom. The molecule has 1 saturated heterocycles. The van der Waals surface area contributed by atoms with Crippen LogP contribution in [0.2, 0.25) is 0 Å². The Kier molecular flexibility index (Phi) is 13.9. The molecular formula is C41H50N7O7P. The fourth-order valence-electron chi connectivity index (χ4n) is 7.06. The number of hydrogen-bond donors (Lipinski definition) is 1. The van der Waals surface area contributed by atoms with E-state index in [9.17, 15) is 5.26 Å². The molecule has 0 amide bonds. The number of anilines is 1. The minimum Gasteiger partial charge on any atom is -0.497 e. The second-order valence-corrected chi connectivity index (χ2v) is 15.1. The lowest BCUT2D eigenvalue weighted by Gasteiger charge is -2.39. The van der Waals surface area contributed by atoms with Gasteiger partial charge in [0.05, 0.1) is 59.5 Å². The van der Waals surface area contributed by atoms with Gasteiger partial charge in [-0.05, 0) is 68.7 Å². The molecule has 5 aromatic rings. The van der Waals surface area contributed by atoms with Crippen molar-refractivity contribution < 1.29 is 32.8 Å². The summed E-state index contributed by atoms with van der Waals surface area (Å²) >= 11 is 0. The molecule has 56 heavy (non-hydrogen) atoms. The van der Waals surface area contributed by atoms with E-state index < -0.39 is 32.6 Å². The van der Waals surface area contributed by atoms with Crippen molar-refractivity contribution in [2.24, 2.45) is 0 Å². The van der Waals surface area contributed by atoms with Crippen molar-refractivity contribution in [2.75, 3.05) is 40.0 Å². The molecule has 0 radical (unpaired) electrons. The molecule has 1 unspecified atom stereocenters. The predicted molar refractivity (Wildman–Crippen MR) is 213 cm³/mol. The van der Waals surface area contributed by atoms with Crippen molar-refractivity contribution >= 4 is 25.5 Å². The van der Waals surface area contributed by atoms with Gasteiger partial charge in [0.25, 0.3) is 8.53 Å². The van der Waals surface area contributed by atoms with E-state index >= 15 is 0 Å². The van der Waals surface area contributed by atoms with Crippen molar-refractivity contribution in [1.29, 1.82) is 5.26 Å². The zero-order chi connectivity index (χ0) is 39.7. The van der Waals surface area contributed by atoms with Crippen molar-refractivity contribution in [2.45, 2.75) is 76.7 Å². The van der Waals surface area contributed by atoms with Crippen LogP contribution in [0.5, 0.6) is 11.5 Å². The maximum atomic E-state index is 9.37. The first-order valence-corrected chi connectivity index (χ1v) is 19.7. The molecule has 14 nitrogen and oxygen atoms in total. The molecule has 1 aliphatic rings. The smallest absolute Gasteiger partial charge is 0.259 e. The number of nitrogens with zero attached hydrogens (tertiary/aromatic N) is 6. The van der Waals surface area contributed by atoms with Crippen molar-refractivity contribution in [3.05, 3.63) is 108 Å². The molecule has 0 spiro atoms. The molecule has 6 rings (SSSR count). The van der Waals surface area contributed by atoms with E-state index in [-0.39, 0.29) is 31.7 Å². The molecule has 1 fully saturated rings. The summed E-state index contributed by atoms with van der Waals surface area (Å²) in [6, 6.07) is 28.4. The number of nitriles is 1. The number of hydrogen-bond acceptors (Lipinski definition) is 13. The van der Waals surface area contributed by atoms with Crippen LogP contribution < -0.4 is 15.0 Å². The molecule has 1 aliphatic heterocycles. The van der Waals surface area contributed by atoms with Crippen LogP contribution in [0.4, 0.5) is 5.82 Å². The average molecular weight is 784 g/mol. The van der Waals surface area contributed by atoms with Gasteiger partial charge in [-0.3, -0.25) is 9.40 Å². The highest BCUT2D eigenvalue weighted by atomic mass is 31.2. The third-order valence-corrected chi connectivity index (χ3v) is 11.7. The number of methoxy groups -OCH3 is 2. The van der Waals surface area contributed by atoms with Crippen molar-refractivity contribution in [1.82, 2.24) is 24.2 Å². The van der Waals surface area contributed by atoms with Crippen LogP contribution in [-0.4, -0.2) is 83.0 Å². The van der Waals surface area contributed by atoms with E-state index in [4.69, 9.17) is 32.8 Å². The van der Waals surface area contributed by atoms with Gasteiger partial charge in [0.15, 0.2) is 17.0 Å². The lowest BCUT2D eigenvalue weighted by molar-refractivity contribution is -0.0912. The molecule has 4 atom stereocenters. The van der Waals surface area contributed by atoms with Crippen LogP contribution in [0.15, 0.2) is 91.5 Å². The summed E-state index contributed by atoms with van der Waals surface area (Å²) in [5, 5.41) is 9.37. The summed E-state index contributed by atoms with van der Waals surface area (Å²) in [6.45, 7) is 8.81. The second-order valence-electron chi connectivity index (χ2n) is 13.7. The third kappa shape index (κ3) is 8.80.